The molecule has 5 heteroatoms. The molecule has 0 unspecified atom stereocenters. The Bertz CT molecular complexity index is 865. The SMILES string of the molecule is C/C(=N\NC(=O)c1ccc(C(C)C)cc1)c1cccc(NC(=O)C2CC2)c1. The number of amides is 2. The van der Waals surface area contributed by atoms with E-state index in [1.54, 1.807) is 0 Å². The summed E-state index contributed by atoms with van der Waals surface area (Å²) in [6.07, 6.45) is 1.94. The quantitative estimate of drug-likeness (QED) is 0.593. The summed E-state index contributed by atoms with van der Waals surface area (Å²) in [5, 5.41) is 7.12. The minimum Gasteiger partial charge on any atom is -0.326 e. The van der Waals surface area contributed by atoms with Crippen molar-refractivity contribution < 1.29 is 9.59 Å². The first kappa shape index (κ1) is 18.8. The highest BCUT2D eigenvalue weighted by atomic mass is 16.2. The molecule has 3 rings (SSSR count). The molecule has 1 aliphatic carbocycles. The van der Waals surface area contributed by atoms with Crippen molar-refractivity contribution in [2.75, 3.05) is 5.32 Å². The Hall–Kier alpha value is -2.95. The predicted molar refractivity (Wildman–Crippen MR) is 108 cm³/mol. The third-order valence-electron chi connectivity index (χ3n) is 4.66. The Morgan fingerprint density at radius 2 is 1.74 bits per heavy atom. The van der Waals surface area contributed by atoms with Gasteiger partial charge in [-0.05, 0) is 61.1 Å². The monoisotopic (exact) mass is 363 g/mol. The lowest BCUT2D eigenvalue weighted by molar-refractivity contribution is -0.117. The van der Waals surface area contributed by atoms with Crippen LogP contribution in [0.2, 0.25) is 0 Å². The van der Waals surface area contributed by atoms with Crippen LogP contribution in [0.25, 0.3) is 0 Å². The molecule has 0 spiro atoms. The van der Waals surface area contributed by atoms with Crippen LogP contribution in [-0.4, -0.2) is 17.5 Å². The van der Waals surface area contributed by atoms with Crippen LogP contribution in [0.1, 0.15) is 61.0 Å². The lowest BCUT2D eigenvalue weighted by Gasteiger charge is -2.08. The summed E-state index contributed by atoms with van der Waals surface area (Å²) in [5.74, 6) is 0.405. The van der Waals surface area contributed by atoms with Crippen molar-refractivity contribution in [3.63, 3.8) is 0 Å². The molecule has 0 bridgehead atoms. The zero-order valence-corrected chi connectivity index (χ0v) is 16.0. The second-order valence-electron chi connectivity index (χ2n) is 7.26. The standard InChI is InChI=1S/C22H25N3O2/c1-14(2)16-7-9-18(10-8-16)22(27)25-24-15(3)19-5-4-6-20(13-19)23-21(26)17-11-12-17/h4-10,13-14,17H,11-12H2,1-3H3,(H,23,26)(H,25,27)/b24-15+. The average molecular weight is 363 g/mol. The molecule has 140 valence electrons. The molecule has 0 aromatic heterocycles. The summed E-state index contributed by atoms with van der Waals surface area (Å²) < 4.78 is 0. The van der Waals surface area contributed by atoms with Crippen molar-refractivity contribution in [2.45, 2.75) is 39.5 Å². The van der Waals surface area contributed by atoms with Gasteiger partial charge in [0.2, 0.25) is 5.91 Å². The number of hydrogen-bond donors (Lipinski definition) is 2. The third kappa shape index (κ3) is 5.03. The number of hydrogen-bond acceptors (Lipinski definition) is 3. The Morgan fingerprint density at radius 1 is 1.04 bits per heavy atom. The van der Waals surface area contributed by atoms with Gasteiger partial charge >= 0.3 is 0 Å². The molecule has 27 heavy (non-hydrogen) atoms. The molecule has 2 aromatic rings. The minimum atomic E-state index is -0.247. The van der Waals surface area contributed by atoms with Gasteiger partial charge in [0.1, 0.15) is 0 Å². The maximum absolute atomic E-state index is 12.3. The van der Waals surface area contributed by atoms with Gasteiger partial charge in [-0.3, -0.25) is 9.59 Å². The second-order valence-corrected chi connectivity index (χ2v) is 7.26. The fourth-order valence-electron chi connectivity index (χ4n) is 2.69. The molecule has 0 aliphatic heterocycles. The molecule has 0 saturated heterocycles. The average Bonchev–Trinajstić information content (AvgIpc) is 3.51. The Labute approximate surface area is 159 Å². The zero-order valence-electron chi connectivity index (χ0n) is 16.0. The first-order valence-corrected chi connectivity index (χ1v) is 9.30. The molecule has 0 radical (unpaired) electrons. The Kier molecular flexibility index (Phi) is 5.69. The van der Waals surface area contributed by atoms with Gasteiger partial charge in [-0.1, -0.05) is 38.1 Å². The van der Waals surface area contributed by atoms with E-state index >= 15 is 0 Å². The van der Waals surface area contributed by atoms with Crippen molar-refractivity contribution in [3.05, 3.63) is 65.2 Å². The molecule has 0 atom stereocenters. The molecule has 2 N–H and O–H groups in total. The van der Waals surface area contributed by atoms with E-state index in [9.17, 15) is 9.59 Å². The maximum atomic E-state index is 12.3. The third-order valence-corrected chi connectivity index (χ3v) is 4.66. The molecule has 1 saturated carbocycles. The van der Waals surface area contributed by atoms with Crippen LogP contribution >= 0.6 is 0 Å². The number of nitrogens with zero attached hydrogens (tertiary/aromatic N) is 1. The lowest BCUT2D eigenvalue weighted by atomic mass is 10.0. The van der Waals surface area contributed by atoms with Gasteiger partial charge < -0.3 is 5.32 Å². The van der Waals surface area contributed by atoms with E-state index in [0.29, 0.717) is 17.2 Å². The van der Waals surface area contributed by atoms with E-state index in [1.165, 1.54) is 5.56 Å². The van der Waals surface area contributed by atoms with E-state index in [-0.39, 0.29) is 17.7 Å². The van der Waals surface area contributed by atoms with Crippen LogP contribution in [-0.2, 0) is 4.79 Å². The molecule has 1 fully saturated rings. The number of rotatable bonds is 6. The molecule has 1 aliphatic rings. The number of anilines is 1. The number of carbonyl (C=O) groups is 2. The van der Waals surface area contributed by atoms with E-state index in [1.807, 2.05) is 55.5 Å². The smallest absolute Gasteiger partial charge is 0.271 e. The molecule has 2 amide bonds. The summed E-state index contributed by atoms with van der Waals surface area (Å²) in [5.41, 5.74) is 6.62. The van der Waals surface area contributed by atoms with Crippen molar-refractivity contribution in [1.82, 2.24) is 5.43 Å². The molecular formula is C22H25N3O2. The fraction of sp³-hybridized carbons (Fsp3) is 0.318. The Balaban J connectivity index is 1.64. The van der Waals surface area contributed by atoms with Crippen LogP contribution in [0.5, 0.6) is 0 Å². The van der Waals surface area contributed by atoms with Crippen LogP contribution in [0.4, 0.5) is 5.69 Å². The number of benzene rings is 2. The predicted octanol–water partition coefficient (Wildman–Crippen LogP) is 4.31. The normalized spacial score (nSPS) is 14.1. The van der Waals surface area contributed by atoms with Gasteiger partial charge in [-0.25, -0.2) is 5.43 Å². The van der Waals surface area contributed by atoms with Crippen LogP contribution in [0.15, 0.2) is 53.6 Å². The largest absolute Gasteiger partial charge is 0.326 e. The van der Waals surface area contributed by atoms with Gasteiger partial charge in [-0.2, -0.15) is 5.10 Å². The van der Waals surface area contributed by atoms with Crippen LogP contribution < -0.4 is 10.7 Å². The van der Waals surface area contributed by atoms with Crippen molar-refractivity contribution in [3.8, 4) is 0 Å². The summed E-state index contributed by atoms with van der Waals surface area (Å²) in [6, 6.07) is 15.0. The molecule has 2 aromatic carbocycles. The van der Waals surface area contributed by atoms with Crippen molar-refractivity contribution in [2.24, 2.45) is 11.0 Å². The summed E-state index contributed by atoms with van der Waals surface area (Å²) in [7, 11) is 0. The number of carbonyl (C=O) groups excluding carboxylic acids is 2. The highest BCUT2D eigenvalue weighted by Crippen LogP contribution is 2.30. The first-order valence-electron chi connectivity index (χ1n) is 9.30. The van der Waals surface area contributed by atoms with Gasteiger partial charge in [0, 0.05) is 17.2 Å². The van der Waals surface area contributed by atoms with E-state index in [2.05, 4.69) is 29.7 Å². The zero-order chi connectivity index (χ0) is 19.4. The van der Waals surface area contributed by atoms with Gasteiger partial charge in [0.15, 0.2) is 0 Å². The molecule has 5 nitrogen and oxygen atoms in total. The number of nitrogens with one attached hydrogen (secondary N) is 2. The summed E-state index contributed by atoms with van der Waals surface area (Å²) in [6.45, 7) is 6.05. The van der Waals surface area contributed by atoms with Gasteiger partial charge in [0.25, 0.3) is 5.91 Å². The fourth-order valence-corrected chi connectivity index (χ4v) is 2.69. The molecular weight excluding hydrogens is 338 g/mol. The number of hydrazone groups is 1. The Morgan fingerprint density at radius 3 is 2.37 bits per heavy atom. The van der Waals surface area contributed by atoms with Gasteiger partial charge in [0.05, 0.1) is 5.71 Å². The van der Waals surface area contributed by atoms with E-state index in [0.717, 1.165) is 24.1 Å². The van der Waals surface area contributed by atoms with Crippen LogP contribution in [0.3, 0.4) is 0 Å². The van der Waals surface area contributed by atoms with Crippen LogP contribution in [0, 0.1) is 5.92 Å². The van der Waals surface area contributed by atoms with Crippen molar-refractivity contribution >= 4 is 23.2 Å². The highest BCUT2D eigenvalue weighted by Gasteiger charge is 2.29. The van der Waals surface area contributed by atoms with E-state index < -0.39 is 0 Å². The van der Waals surface area contributed by atoms with Gasteiger partial charge in [-0.15, -0.1) is 0 Å². The minimum absolute atomic E-state index is 0.0693. The van der Waals surface area contributed by atoms with Crippen molar-refractivity contribution in [1.29, 1.82) is 0 Å². The summed E-state index contributed by atoms with van der Waals surface area (Å²) in [4.78, 5) is 24.2. The highest BCUT2D eigenvalue weighted by molar-refractivity contribution is 6.02. The lowest BCUT2D eigenvalue weighted by Crippen LogP contribution is -2.19. The molecule has 0 heterocycles. The topological polar surface area (TPSA) is 70.6 Å². The first-order chi connectivity index (χ1) is 12.9. The maximum Gasteiger partial charge on any atom is 0.271 e. The summed E-state index contributed by atoms with van der Waals surface area (Å²) >= 11 is 0. The van der Waals surface area contributed by atoms with E-state index in [4.69, 9.17) is 0 Å². The second kappa shape index (κ2) is 8.16.